The normalized spacial score (nSPS) is 21.7. The summed E-state index contributed by atoms with van der Waals surface area (Å²) in [6.45, 7) is 8.21. The molecule has 1 aliphatic carbocycles. The van der Waals surface area contributed by atoms with Crippen molar-refractivity contribution in [3.63, 3.8) is 0 Å². The maximum Gasteiger partial charge on any atom is 0.222 e. The van der Waals surface area contributed by atoms with Crippen LogP contribution in [0.3, 0.4) is 0 Å². The van der Waals surface area contributed by atoms with Gasteiger partial charge in [0, 0.05) is 18.0 Å². The van der Waals surface area contributed by atoms with E-state index in [9.17, 15) is 9.59 Å². The maximum atomic E-state index is 12.7. The Hall–Kier alpha value is -1.55. The first-order valence-electron chi connectivity index (χ1n) is 9.48. The number of carbonyl (C=O) groups is 2. The molecular weight excluding hydrogens is 348 g/mol. The van der Waals surface area contributed by atoms with Crippen LogP contribution in [0.15, 0.2) is 24.3 Å². The van der Waals surface area contributed by atoms with Crippen molar-refractivity contribution < 1.29 is 9.59 Å². The minimum atomic E-state index is -0.346. The lowest BCUT2D eigenvalue weighted by molar-refractivity contribution is -0.124. The number of rotatable bonds is 5. The molecule has 3 unspecified atom stereocenters. The summed E-state index contributed by atoms with van der Waals surface area (Å²) < 4.78 is 0. The van der Waals surface area contributed by atoms with E-state index in [0.29, 0.717) is 10.9 Å². The van der Waals surface area contributed by atoms with E-state index in [1.807, 2.05) is 12.1 Å². The van der Waals surface area contributed by atoms with Gasteiger partial charge in [-0.15, -0.1) is 0 Å². The molecule has 1 aromatic rings. The summed E-state index contributed by atoms with van der Waals surface area (Å²) >= 11 is 5.95. The van der Waals surface area contributed by atoms with Gasteiger partial charge in [-0.25, -0.2) is 0 Å². The number of hydrogen-bond donors (Lipinski definition) is 2. The maximum absolute atomic E-state index is 12.7. The number of benzene rings is 1. The molecule has 2 N–H and O–H groups in total. The Morgan fingerprint density at radius 2 is 1.77 bits per heavy atom. The zero-order chi connectivity index (χ0) is 19.3. The van der Waals surface area contributed by atoms with Gasteiger partial charge in [0.2, 0.25) is 11.8 Å². The van der Waals surface area contributed by atoms with Crippen molar-refractivity contribution in [2.75, 3.05) is 0 Å². The SMILES string of the molecule is CC(=O)NC(CC(=O)NC1CCCCC1C(C)(C)C)c1ccc(Cl)cc1. The van der Waals surface area contributed by atoms with Crippen molar-refractivity contribution in [3.05, 3.63) is 34.9 Å². The molecule has 1 aromatic carbocycles. The minimum absolute atomic E-state index is 0.0140. The fourth-order valence-electron chi connectivity index (χ4n) is 3.98. The number of nitrogens with one attached hydrogen (secondary N) is 2. The largest absolute Gasteiger partial charge is 0.353 e. The topological polar surface area (TPSA) is 58.2 Å². The molecule has 1 fully saturated rings. The van der Waals surface area contributed by atoms with Gasteiger partial charge in [-0.05, 0) is 41.9 Å². The predicted molar refractivity (Wildman–Crippen MR) is 106 cm³/mol. The molecule has 26 heavy (non-hydrogen) atoms. The van der Waals surface area contributed by atoms with Gasteiger partial charge < -0.3 is 10.6 Å². The molecule has 1 saturated carbocycles. The van der Waals surface area contributed by atoms with Gasteiger partial charge in [-0.3, -0.25) is 9.59 Å². The first-order chi connectivity index (χ1) is 12.2. The lowest BCUT2D eigenvalue weighted by atomic mass is 9.69. The standard InChI is InChI=1S/C21H31ClN2O2/c1-14(25)23-19(15-9-11-16(22)12-10-15)13-20(26)24-18-8-6-5-7-17(18)21(2,3)4/h9-12,17-19H,5-8,13H2,1-4H3,(H,23,25)(H,24,26). The third kappa shape index (κ3) is 6.01. The average molecular weight is 379 g/mol. The van der Waals surface area contributed by atoms with E-state index in [-0.39, 0.29) is 35.7 Å². The number of halogens is 1. The molecule has 2 amide bonds. The Bertz CT molecular complexity index is 622. The Morgan fingerprint density at radius 3 is 2.35 bits per heavy atom. The van der Waals surface area contributed by atoms with Crippen molar-refractivity contribution in [1.29, 1.82) is 0 Å². The fourth-order valence-corrected chi connectivity index (χ4v) is 4.11. The highest BCUT2D eigenvalue weighted by Gasteiger charge is 2.35. The van der Waals surface area contributed by atoms with Gasteiger partial charge in [0.15, 0.2) is 0 Å². The second kappa shape index (κ2) is 8.90. The Balaban J connectivity index is 2.06. The highest BCUT2D eigenvalue weighted by molar-refractivity contribution is 6.30. The highest BCUT2D eigenvalue weighted by Crippen LogP contribution is 2.38. The first-order valence-corrected chi connectivity index (χ1v) is 9.86. The monoisotopic (exact) mass is 378 g/mol. The van der Waals surface area contributed by atoms with Crippen molar-refractivity contribution in [1.82, 2.24) is 10.6 Å². The summed E-state index contributed by atoms with van der Waals surface area (Å²) in [6.07, 6.45) is 4.80. The summed E-state index contributed by atoms with van der Waals surface area (Å²) in [6, 6.07) is 7.13. The van der Waals surface area contributed by atoms with Crippen LogP contribution in [0.25, 0.3) is 0 Å². The summed E-state index contributed by atoms with van der Waals surface area (Å²) in [4.78, 5) is 24.3. The van der Waals surface area contributed by atoms with Crippen LogP contribution >= 0.6 is 11.6 Å². The van der Waals surface area contributed by atoms with Crippen LogP contribution in [-0.2, 0) is 9.59 Å². The Kier molecular flexibility index (Phi) is 7.10. The first kappa shape index (κ1) is 20.8. The summed E-state index contributed by atoms with van der Waals surface area (Å²) in [7, 11) is 0. The predicted octanol–water partition coefficient (Wildman–Crippen LogP) is 4.63. The van der Waals surface area contributed by atoms with Crippen molar-refractivity contribution >= 4 is 23.4 Å². The molecule has 2 rings (SSSR count). The summed E-state index contributed by atoms with van der Waals surface area (Å²) in [5.41, 5.74) is 1.06. The lowest BCUT2D eigenvalue weighted by Crippen LogP contribution is -2.47. The van der Waals surface area contributed by atoms with Crippen LogP contribution in [0.1, 0.15) is 71.4 Å². The second-order valence-electron chi connectivity index (χ2n) is 8.44. The Morgan fingerprint density at radius 1 is 1.15 bits per heavy atom. The quantitative estimate of drug-likeness (QED) is 0.784. The molecule has 0 aliphatic heterocycles. The van der Waals surface area contributed by atoms with E-state index in [1.54, 1.807) is 12.1 Å². The third-order valence-electron chi connectivity index (χ3n) is 5.26. The van der Waals surface area contributed by atoms with E-state index < -0.39 is 0 Å². The van der Waals surface area contributed by atoms with Crippen LogP contribution in [0.4, 0.5) is 0 Å². The molecule has 4 nitrogen and oxygen atoms in total. The van der Waals surface area contributed by atoms with Crippen LogP contribution in [-0.4, -0.2) is 17.9 Å². The van der Waals surface area contributed by atoms with Gasteiger partial charge >= 0.3 is 0 Å². The van der Waals surface area contributed by atoms with Gasteiger partial charge in [0.05, 0.1) is 12.5 Å². The molecule has 0 aromatic heterocycles. The molecule has 0 heterocycles. The molecule has 1 aliphatic rings. The van der Waals surface area contributed by atoms with Crippen molar-refractivity contribution in [3.8, 4) is 0 Å². The average Bonchev–Trinajstić information content (AvgIpc) is 2.54. The van der Waals surface area contributed by atoms with E-state index in [1.165, 1.54) is 13.3 Å². The van der Waals surface area contributed by atoms with Crippen LogP contribution in [0.5, 0.6) is 0 Å². The molecule has 5 heteroatoms. The highest BCUT2D eigenvalue weighted by atomic mass is 35.5. The minimum Gasteiger partial charge on any atom is -0.353 e. The molecular formula is C21H31ClN2O2. The number of hydrogen-bond acceptors (Lipinski definition) is 2. The molecule has 0 saturated heterocycles. The van der Waals surface area contributed by atoms with Gasteiger partial charge in [0.25, 0.3) is 0 Å². The molecule has 3 atom stereocenters. The zero-order valence-corrected chi connectivity index (χ0v) is 17.0. The number of carbonyl (C=O) groups excluding carboxylic acids is 2. The third-order valence-corrected chi connectivity index (χ3v) is 5.52. The van der Waals surface area contributed by atoms with Gasteiger partial charge in [-0.1, -0.05) is 57.3 Å². The van der Waals surface area contributed by atoms with Gasteiger partial charge in [-0.2, -0.15) is 0 Å². The van der Waals surface area contributed by atoms with Crippen LogP contribution in [0.2, 0.25) is 5.02 Å². The smallest absolute Gasteiger partial charge is 0.222 e. The molecule has 0 spiro atoms. The van der Waals surface area contributed by atoms with E-state index >= 15 is 0 Å². The number of amides is 2. The zero-order valence-electron chi connectivity index (χ0n) is 16.3. The second-order valence-corrected chi connectivity index (χ2v) is 8.88. The van der Waals surface area contributed by atoms with E-state index in [0.717, 1.165) is 24.8 Å². The van der Waals surface area contributed by atoms with Crippen LogP contribution in [0, 0.1) is 11.3 Å². The van der Waals surface area contributed by atoms with Crippen molar-refractivity contribution in [2.24, 2.45) is 11.3 Å². The van der Waals surface area contributed by atoms with E-state index in [4.69, 9.17) is 11.6 Å². The van der Waals surface area contributed by atoms with E-state index in [2.05, 4.69) is 31.4 Å². The molecule has 144 valence electrons. The fraction of sp³-hybridized carbons (Fsp3) is 0.619. The van der Waals surface area contributed by atoms with Gasteiger partial charge in [0.1, 0.15) is 0 Å². The summed E-state index contributed by atoms with van der Waals surface area (Å²) in [5.74, 6) is 0.317. The van der Waals surface area contributed by atoms with Crippen LogP contribution < -0.4 is 10.6 Å². The molecule has 0 radical (unpaired) electrons. The lowest BCUT2D eigenvalue weighted by Gasteiger charge is -2.41. The Labute approximate surface area is 162 Å². The summed E-state index contributed by atoms with van der Waals surface area (Å²) in [5, 5.41) is 6.76. The molecule has 0 bridgehead atoms. The van der Waals surface area contributed by atoms with Crippen molar-refractivity contribution in [2.45, 2.75) is 71.9 Å².